The summed E-state index contributed by atoms with van der Waals surface area (Å²) in [6.45, 7) is 1.88. The fourth-order valence-corrected chi connectivity index (χ4v) is 2.42. The lowest BCUT2D eigenvalue weighted by molar-refractivity contribution is -0.120. The molecule has 0 saturated carbocycles. The van der Waals surface area contributed by atoms with Crippen LogP contribution in [0.15, 0.2) is 35.3 Å². The number of hydrogen-bond acceptors (Lipinski definition) is 4. The third-order valence-corrected chi connectivity index (χ3v) is 3.35. The van der Waals surface area contributed by atoms with E-state index >= 15 is 0 Å². The van der Waals surface area contributed by atoms with Gasteiger partial charge in [0.15, 0.2) is 5.17 Å². The number of carbonyl (C=O) groups excluding carboxylic acids is 2. The summed E-state index contributed by atoms with van der Waals surface area (Å²) in [5, 5.41) is 5.96. The number of nitrogens with zero attached hydrogens (tertiary/aromatic N) is 1. The maximum Gasteiger partial charge on any atom is 0.234 e. The highest BCUT2D eigenvalue weighted by Gasteiger charge is 2.18. The van der Waals surface area contributed by atoms with Crippen LogP contribution in [-0.4, -0.2) is 28.8 Å². The number of aliphatic imine (C=N–C) groups is 1. The highest BCUT2D eigenvalue weighted by Crippen LogP contribution is 2.12. The summed E-state index contributed by atoms with van der Waals surface area (Å²) in [4.78, 5) is 27.3. The molecule has 0 bridgehead atoms. The fourth-order valence-electron chi connectivity index (χ4n) is 1.64. The minimum absolute atomic E-state index is 0.0200. The van der Waals surface area contributed by atoms with Crippen molar-refractivity contribution in [3.8, 4) is 0 Å². The minimum Gasteiger partial charge on any atom is -0.325 e. The van der Waals surface area contributed by atoms with Crippen LogP contribution in [0.5, 0.6) is 0 Å². The smallest absolute Gasteiger partial charge is 0.234 e. The zero-order valence-electron chi connectivity index (χ0n) is 10.6. The van der Waals surface area contributed by atoms with E-state index in [1.165, 1.54) is 11.8 Å². The second kappa shape index (κ2) is 6.38. The number of rotatable bonds is 3. The summed E-state index contributed by atoms with van der Waals surface area (Å²) >= 11 is 1.24. The van der Waals surface area contributed by atoms with Gasteiger partial charge in [0, 0.05) is 12.1 Å². The number of amides is 2. The fraction of sp³-hybridized carbons (Fsp3) is 0.308. The number of thioether (sulfide) groups is 1. The largest absolute Gasteiger partial charge is 0.325 e. The maximum atomic E-state index is 11.7. The van der Waals surface area contributed by atoms with Crippen LogP contribution in [0.2, 0.25) is 0 Å². The summed E-state index contributed by atoms with van der Waals surface area (Å²) < 4.78 is 0. The first-order valence-electron chi connectivity index (χ1n) is 5.99. The third kappa shape index (κ3) is 4.40. The zero-order chi connectivity index (χ0) is 13.7. The maximum absolute atomic E-state index is 11.7. The Hall–Kier alpha value is -1.82. The molecular formula is C13H15N3O2S. The number of carbonyl (C=O) groups is 2. The molecular weight excluding hydrogens is 262 g/mol. The van der Waals surface area contributed by atoms with E-state index in [-0.39, 0.29) is 23.6 Å². The van der Waals surface area contributed by atoms with E-state index in [0.29, 0.717) is 11.6 Å². The average Bonchev–Trinajstić information content (AvgIpc) is 2.36. The van der Waals surface area contributed by atoms with Crippen molar-refractivity contribution in [2.45, 2.75) is 19.4 Å². The predicted octanol–water partition coefficient (Wildman–Crippen LogP) is 1.62. The molecule has 5 nitrogen and oxygen atoms in total. The summed E-state index contributed by atoms with van der Waals surface area (Å²) in [7, 11) is 0. The molecule has 0 spiro atoms. The summed E-state index contributed by atoms with van der Waals surface area (Å²) in [5.41, 5.74) is 0.760. The molecule has 0 fully saturated rings. The van der Waals surface area contributed by atoms with Crippen molar-refractivity contribution in [3.05, 3.63) is 30.3 Å². The molecule has 6 heteroatoms. The van der Waals surface area contributed by atoms with Gasteiger partial charge in [-0.1, -0.05) is 30.0 Å². The van der Waals surface area contributed by atoms with Gasteiger partial charge in [0.05, 0.1) is 11.8 Å². The Kier molecular flexibility index (Phi) is 4.57. The summed E-state index contributed by atoms with van der Waals surface area (Å²) in [5.74, 6) is 0.0561. The van der Waals surface area contributed by atoms with Crippen LogP contribution in [0.3, 0.4) is 0 Å². The molecule has 0 aliphatic carbocycles. The number of para-hydroxylation sites is 1. The van der Waals surface area contributed by atoms with Gasteiger partial charge in [-0.25, -0.2) is 0 Å². The molecule has 1 atom stereocenters. The number of nitrogens with one attached hydrogen (secondary N) is 2. The van der Waals surface area contributed by atoms with Gasteiger partial charge >= 0.3 is 0 Å². The second-order valence-electron chi connectivity index (χ2n) is 4.24. The van der Waals surface area contributed by atoms with Crippen LogP contribution < -0.4 is 10.6 Å². The van der Waals surface area contributed by atoms with Crippen LogP contribution in [0.4, 0.5) is 5.69 Å². The van der Waals surface area contributed by atoms with Crippen LogP contribution >= 0.6 is 11.8 Å². The van der Waals surface area contributed by atoms with Crippen molar-refractivity contribution in [2.75, 3.05) is 11.1 Å². The monoisotopic (exact) mass is 277 g/mol. The molecule has 1 aliphatic rings. The lowest BCUT2D eigenvalue weighted by Gasteiger charge is -2.17. The molecule has 0 radical (unpaired) electrons. The van der Waals surface area contributed by atoms with Crippen molar-refractivity contribution in [1.82, 2.24) is 5.32 Å². The number of anilines is 1. The summed E-state index contributed by atoms with van der Waals surface area (Å²) in [6, 6.07) is 9.23. The van der Waals surface area contributed by atoms with E-state index in [2.05, 4.69) is 15.6 Å². The molecule has 2 N–H and O–H groups in total. The average molecular weight is 277 g/mol. The summed E-state index contributed by atoms with van der Waals surface area (Å²) in [6.07, 6.45) is 0.403. The van der Waals surface area contributed by atoms with Crippen molar-refractivity contribution in [1.29, 1.82) is 0 Å². The Balaban J connectivity index is 1.82. The van der Waals surface area contributed by atoms with Gasteiger partial charge in [-0.15, -0.1) is 0 Å². The third-order valence-electron chi connectivity index (χ3n) is 2.46. The molecule has 1 heterocycles. The van der Waals surface area contributed by atoms with E-state index in [9.17, 15) is 9.59 Å². The normalized spacial score (nSPS) is 18.5. The first-order chi connectivity index (χ1) is 9.13. The van der Waals surface area contributed by atoms with Crippen molar-refractivity contribution in [3.63, 3.8) is 0 Å². The van der Waals surface area contributed by atoms with E-state index in [4.69, 9.17) is 0 Å². The predicted molar refractivity (Wildman–Crippen MR) is 77.2 cm³/mol. The minimum atomic E-state index is -0.119. The van der Waals surface area contributed by atoms with E-state index < -0.39 is 0 Å². The molecule has 19 heavy (non-hydrogen) atoms. The van der Waals surface area contributed by atoms with Gasteiger partial charge in [0.25, 0.3) is 0 Å². The second-order valence-corrected chi connectivity index (χ2v) is 5.20. The van der Waals surface area contributed by atoms with Crippen molar-refractivity contribution in [2.24, 2.45) is 4.99 Å². The van der Waals surface area contributed by atoms with Gasteiger partial charge < -0.3 is 10.6 Å². The Morgan fingerprint density at radius 1 is 1.47 bits per heavy atom. The van der Waals surface area contributed by atoms with Gasteiger partial charge in [0.1, 0.15) is 0 Å². The number of benzene rings is 1. The quantitative estimate of drug-likeness (QED) is 0.882. The molecule has 2 rings (SSSR count). The van der Waals surface area contributed by atoms with Crippen molar-refractivity contribution >= 4 is 34.4 Å². The van der Waals surface area contributed by atoms with E-state index in [1.54, 1.807) is 0 Å². The van der Waals surface area contributed by atoms with Crippen LogP contribution in [0.25, 0.3) is 0 Å². The SMILES string of the molecule is C[C@@H]1CC(=O)NC(SCC(=O)Nc2ccccc2)=N1. The molecule has 2 amide bonds. The van der Waals surface area contributed by atoms with Gasteiger partial charge in [-0.05, 0) is 19.1 Å². The Bertz CT molecular complexity index is 502. The van der Waals surface area contributed by atoms with Gasteiger partial charge in [0.2, 0.25) is 11.8 Å². The molecule has 0 aromatic heterocycles. The number of amidine groups is 1. The first kappa shape index (κ1) is 13.6. The van der Waals surface area contributed by atoms with Crippen LogP contribution in [-0.2, 0) is 9.59 Å². The van der Waals surface area contributed by atoms with Crippen molar-refractivity contribution < 1.29 is 9.59 Å². The molecule has 100 valence electrons. The molecule has 0 unspecified atom stereocenters. The lowest BCUT2D eigenvalue weighted by Crippen LogP contribution is -2.36. The van der Waals surface area contributed by atoms with Gasteiger partial charge in [-0.3, -0.25) is 14.6 Å². The topological polar surface area (TPSA) is 70.6 Å². The lowest BCUT2D eigenvalue weighted by atomic mass is 10.2. The first-order valence-corrected chi connectivity index (χ1v) is 6.97. The zero-order valence-corrected chi connectivity index (χ0v) is 11.4. The molecule has 0 saturated heterocycles. The Labute approximate surface area is 115 Å². The van der Waals surface area contributed by atoms with E-state index in [1.807, 2.05) is 37.3 Å². The molecule has 1 aromatic rings. The van der Waals surface area contributed by atoms with Crippen LogP contribution in [0, 0.1) is 0 Å². The highest BCUT2D eigenvalue weighted by atomic mass is 32.2. The molecule has 1 aromatic carbocycles. The highest BCUT2D eigenvalue weighted by molar-refractivity contribution is 8.14. The Morgan fingerprint density at radius 2 is 2.21 bits per heavy atom. The molecule has 1 aliphatic heterocycles. The standard InChI is InChI=1S/C13H15N3O2S/c1-9-7-11(17)16-13(14-9)19-8-12(18)15-10-5-3-2-4-6-10/h2-6,9H,7-8H2,1H3,(H,15,18)(H,14,16,17)/t9-/m1/s1. The van der Waals surface area contributed by atoms with E-state index in [0.717, 1.165) is 5.69 Å². The van der Waals surface area contributed by atoms with Crippen LogP contribution in [0.1, 0.15) is 13.3 Å². The Morgan fingerprint density at radius 3 is 2.89 bits per heavy atom. The van der Waals surface area contributed by atoms with Gasteiger partial charge in [-0.2, -0.15) is 0 Å². The number of hydrogen-bond donors (Lipinski definition) is 2.